The van der Waals surface area contributed by atoms with E-state index in [-0.39, 0.29) is 12.2 Å². The zero-order valence-corrected chi connectivity index (χ0v) is 21.2. The second-order valence-corrected chi connectivity index (χ2v) is 9.21. The van der Waals surface area contributed by atoms with Crippen LogP contribution in [0.25, 0.3) is 5.57 Å². The minimum atomic E-state index is -1.95. The number of benzene rings is 2. The first-order valence-corrected chi connectivity index (χ1v) is 12.3. The van der Waals surface area contributed by atoms with Gasteiger partial charge in [-0.2, -0.15) is 0 Å². The molecule has 4 unspecified atom stereocenters. The number of methoxy groups -OCH3 is 2. The summed E-state index contributed by atoms with van der Waals surface area (Å²) >= 11 is 0. The van der Waals surface area contributed by atoms with E-state index in [1.807, 2.05) is 12.1 Å². The van der Waals surface area contributed by atoms with Crippen LogP contribution in [-0.4, -0.2) is 55.6 Å². The molecule has 194 valence electrons. The van der Waals surface area contributed by atoms with Crippen molar-refractivity contribution >= 4 is 29.4 Å². The lowest BCUT2D eigenvalue weighted by Crippen LogP contribution is -2.65. The Morgan fingerprint density at radius 2 is 1.55 bits per heavy atom. The number of rotatable bonds is 5. The van der Waals surface area contributed by atoms with Gasteiger partial charge in [0.05, 0.1) is 32.3 Å². The van der Waals surface area contributed by atoms with Gasteiger partial charge in [0.1, 0.15) is 5.57 Å². The van der Waals surface area contributed by atoms with Crippen molar-refractivity contribution in [3.05, 3.63) is 102 Å². The molecule has 2 heterocycles. The van der Waals surface area contributed by atoms with Gasteiger partial charge in [-0.25, -0.2) is 9.59 Å². The first-order valence-electron chi connectivity index (χ1n) is 12.3. The summed E-state index contributed by atoms with van der Waals surface area (Å²) < 4.78 is 15.9. The van der Waals surface area contributed by atoms with Gasteiger partial charge in [-0.3, -0.25) is 14.5 Å². The Hall–Kier alpha value is -4.46. The van der Waals surface area contributed by atoms with Gasteiger partial charge in [-0.05, 0) is 23.6 Å². The summed E-state index contributed by atoms with van der Waals surface area (Å²) in [7, 11) is 2.41. The van der Waals surface area contributed by atoms with Crippen molar-refractivity contribution in [2.24, 2.45) is 11.3 Å². The highest BCUT2D eigenvalue weighted by atomic mass is 16.6. The van der Waals surface area contributed by atoms with E-state index in [0.717, 1.165) is 0 Å². The molecular weight excluding hydrogens is 486 g/mol. The summed E-state index contributed by atoms with van der Waals surface area (Å²) in [5.41, 5.74) is -2.36. The molecule has 2 aromatic rings. The van der Waals surface area contributed by atoms with Crippen LogP contribution in [0.1, 0.15) is 18.1 Å². The zero-order valence-electron chi connectivity index (χ0n) is 21.2. The Bertz CT molecular complexity index is 1390. The Balaban J connectivity index is 2.01. The van der Waals surface area contributed by atoms with Crippen molar-refractivity contribution in [1.29, 1.82) is 0 Å². The second-order valence-electron chi connectivity index (χ2n) is 9.21. The van der Waals surface area contributed by atoms with Crippen molar-refractivity contribution in [1.82, 2.24) is 4.90 Å². The summed E-state index contributed by atoms with van der Waals surface area (Å²) in [6.45, 7) is 1.82. The van der Waals surface area contributed by atoms with Gasteiger partial charge in [0, 0.05) is 12.1 Å². The molecule has 2 aromatic carbocycles. The molecule has 6 rings (SSSR count). The van der Waals surface area contributed by atoms with Gasteiger partial charge in [-0.1, -0.05) is 78.9 Å². The summed E-state index contributed by atoms with van der Waals surface area (Å²) in [4.78, 5) is 57.0. The average Bonchev–Trinajstić information content (AvgIpc) is 3.07. The normalized spacial score (nSPS) is 27.1. The number of carbonyl (C=O) groups excluding carboxylic acids is 4. The molecule has 0 spiro atoms. The van der Waals surface area contributed by atoms with Crippen molar-refractivity contribution in [3.63, 3.8) is 0 Å². The van der Waals surface area contributed by atoms with E-state index in [0.29, 0.717) is 16.7 Å². The molecule has 0 fully saturated rings. The first kappa shape index (κ1) is 25.2. The third kappa shape index (κ3) is 3.09. The molecule has 1 amide bonds. The maximum Gasteiger partial charge on any atom is 0.414 e. The van der Waals surface area contributed by atoms with Crippen LogP contribution in [0.4, 0.5) is 4.79 Å². The topological polar surface area (TPSA) is 99.2 Å². The molecule has 2 aliphatic carbocycles. The van der Waals surface area contributed by atoms with Crippen LogP contribution in [0, 0.1) is 11.3 Å². The predicted molar refractivity (Wildman–Crippen MR) is 137 cm³/mol. The van der Waals surface area contributed by atoms with Crippen LogP contribution in [-0.2, 0) is 34.0 Å². The van der Waals surface area contributed by atoms with E-state index >= 15 is 0 Å². The number of ether oxygens (including phenoxy) is 3. The van der Waals surface area contributed by atoms with Crippen LogP contribution < -0.4 is 0 Å². The molecule has 2 aliphatic heterocycles. The fourth-order valence-corrected chi connectivity index (χ4v) is 6.42. The summed E-state index contributed by atoms with van der Waals surface area (Å²) in [6, 6.07) is 17.0. The van der Waals surface area contributed by atoms with Gasteiger partial charge >= 0.3 is 18.0 Å². The van der Waals surface area contributed by atoms with Crippen LogP contribution in [0.5, 0.6) is 0 Å². The van der Waals surface area contributed by atoms with Crippen LogP contribution in [0.2, 0.25) is 0 Å². The number of ketones is 1. The number of amides is 1. The van der Waals surface area contributed by atoms with Crippen molar-refractivity contribution < 1.29 is 33.4 Å². The molecule has 4 atom stereocenters. The van der Waals surface area contributed by atoms with Gasteiger partial charge in [0.25, 0.3) is 0 Å². The van der Waals surface area contributed by atoms with Crippen LogP contribution in [0.15, 0.2) is 90.7 Å². The molecule has 0 radical (unpaired) electrons. The molecule has 0 aromatic heterocycles. The fourth-order valence-electron chi connectivity index (χ4n) is 6.42. The molecule has 4 aliphatic rings. The largest absolute Gasteiger partial charge is 0.468 e. The maximum atomic E-state index is 14.7. The summed E-state index contributed by atoms with van der Waals surface area (Å²) in [5, 5.41) is 0. The summed E-state index contributed by atoms with van der Waals surface area (Å²) in [5.74, 6) is -3.24. The minimum absolute atomic E-state index is 0.122. The molecule has 8 nitrogen and oxygen atoms in total. The van der Waals surface area contributed by atoms with Gasteiger partial charge in [-0.15, -0.1) is 0 Å². The lowest BCUT2D eigenvalue weighted by Gasteiger charge is -2.53. The average molecular weight is 514 g/mol. The SMILES string of the molecule is CCOC(=O)N1C=CC2C=CC1C1(c3ccccc3)C(c3ccccc3)=C(C(=O)OC)C(=O)C21C(=O)OC. The molecule has 0 saturated heterocycles. The first-order chi connectivity index (χ1) is 18.4. The Morgan fingerprint density at radius 1 is 0.895 bits per heavy atom. The van der Waals surface area contributed by atoms with E-state index in [9.17, 15) is 19.2 Å². The number of esters is 2. The maximum absolute atomic E-state index is 14.7. The van der Waals surface area contributed by atoms with E-state index in [1.54, 1.807) is 79.9 Å². The smallest absolute Gasteiger partial charge is 0.414 e. The number of hydrogen-bond acceptors (Lipinski definition) is 7. The highest BCUT2D eigenvalue weighted by Gasteiger charge is 2.77. The van der Waals surface area contributed by atoms with E-state index in [1.165, 1.54) is 19.1 Å². The van der Waals surface area contributed by atoms with Crippen molar-refractivity contribution in [2.45, 2.75) is 18.4 Å². The highest BCUT2D eigenvalue weighted by Crippen LogP contribution is 2.68. The van der Waals surface area contributed by atoms with Crippen molar-refractivity contribution in [3.8, 4) is 0 Å². The fraction of sp³-hybridized carbons (Fsp3) is 0.267. The van der Waals surface area contributed by atoms with Crippen LogP contribution in [0.3, 0.4) is 0 Å². The summed E-state index contributed by atoms with van der Waals surface area (Å²) in [6.07, 6.45) is 6.04. The van der Waals surface area contributed by atoms with E-state index in [4.69, 9.17) is 14.2 Å². The quantitative estimate of drug-likeness (QED) is 0.197. The van der Waals surface area contributed by atoms with Crippen molar-refractivity contribution in [2.75, 3.05) is 20.8 Å². The van der Waals surface area contributed by atoms with E-state index in [2.05, 4.69) is 0 Å². The number of allylic oxidation sites excluding steroid dienone is 2. The molecule has 0 saturated carbocycles. The number of carbonyl (C=O) groups is 4. The highest BCUT2D eigenvalue weighted by molar-refractivity contribution is 6.35. The third-order valence-corrected chi connectivity index (χ3v) is 7.72. The Morgan fingerprint density at radius 3 is 2.16 bits per heavy atom. The Labute approximate surface area is 220 Å². The number of hydrogen-bond donors (Lipinski definition) is 0. The molecule has 2 bridgehead atoms. The van der Waals surface area contributed by atoms with Gasteiger partial charge in [0.15, 0.2) is 11.2 Å². The van der Waals surface area contributed by atoms with Gasteiger partial charge in [0.2, 0.25) is 0 Å². The number of nitrogens with zero attached hydrogens (tertiary/aromatic N) is 1. The lowest BCUT2D eigenvalue weighted by atomic mass is 9.48. The van der Waals surface area contributed by atoms with E-state index < -0.39 is 46.6 Å². The predicted octanol–water partition coefficient (Wildman–Crippen LogP) is 3.83. The monoisotopic (exact) mass is 513 g/mol. The second kappa shape index (κ2) is 9.45. The molecule has 8 heteroatoms. The Kier molecular flexibility index (Phi) is 6.26. The number of Topliss-reactive ketones (excluding diaryl/α,β-unsaturated/α-hetero) is 1. The zero-order chi connectivity index (χ0) is 27.1. The molecular formula is C30H27NO7. The van der Waals surface area contributed by atoms with Crippen LogP contribution >= 0.6 is 0 Å². The minimum Gasteiger partial charge on any atom is -0.468 e. The standard InChI is InChI=1S/C30H27NO7/c1-4-38-28(35)31-18-17-21-15-16-22(31)29(20-13-9-6-10-14-20)24(19-11-7-5-8-12-19)23(26(33)36-2)25(32)30(21,29)27(34)37-3/h5-18,21-22H,4H2,1-3H3. The number of fused-ring (bicyclic) bond motifs is 1. The third-order valence-electron chi connectivity index (χ3n) is 7.72. The van der Waals surface area contributed by atoms with Gasteiger partial charge < -0.3 is 14.2 Å². The molecule has 0 N–H and O–H groups in total. The molecule has 38 heavy (non-hydrogen) atoms. The lowest BCUT2D eigenvalue weighted by molar-refractivity contribution is -0.163.